The lowest BCUT2D eigenvalue weighted by atomic mass is 10.0. The van der Waals surface area contributed by atoms with Crippen molar-refractivity contribution in [1.29, 1.82) is 0 Å². The van der Waals surface area contributed by atoms with Crippen LogP contribution < -0.4 is 5.32 Å². The molecular weight excluding hydrogens is 122 g/mol. The van der Waals surface area contributed by atoms with E-state index in [0.29, 0.717) is 0 Å². The number of nitrogens with one attached hydrogen (secondary N) is 1. The Bertz CT molecular complexity index is 136. The maximum Gasteiger partial charge on any atom is 0.00171 e. The van der Waals surface area contributed by atoms with Gasteiger partial charge in [0.2, 0.25) is 0 Å². The van der Waals surface area contributed by atoms with E-state index in [1.54, 1.807) is 0 Å². The Kier molecular flexibility index (Phi) is 3.23. The maximum absolute atomic E-state index is 3.33. The number of hydrogen-bond donors (Lipinski definition) is 1. The van der Waals surface area contributed by atoms with E-state index >= 15 is 0 Å². The van der Waals surface area contributed by atoms with E-state index in [1.807, 2.05) is 0 Å². The third-order valence-electron chi connectivity index (χ3n) is 1.73. The summed E-state index contributed by atoms with van der Waals surface area (Å²) in [5.74, 6) is 0.727. The average molecular weight is 137 g/mol. The number of rotatable bonds is 3. The first kappa shape index (κ1) is 7.55. The van der Waals surface area contributed by atoms with Crippen LogP contribution in [-0.4, -0.2) is 13.1 Å². The Hall–Kier alpha value is -0.560. The van der Waals surface area contributed by atoms with Crippen LogP contribution in [0.15, 0.2) is 24.3 Å². The van der Waals surface area contributed by atoms with E-state index < -0.39 is 0 Å². The molecule has 10 heavy (non-hydrogen) atoms. The van der Waals surface area contributed by atoms with Gasteiger partial charge in [-0.2, -0.15) is 0 Å². The van der Waals surface area contributed by atoms with Crippen molar-refractivity contribution >= 4 is 0 Å². The van der Waals surface area contributed by atoms with E-state index in [0.717, 1.165) is 19.0 Å². The summed E-state index contributed by atoms with van der Waals surface area (Å²) in [7, 11) is 0. The SMILES string of the molecule is CCNCC1C=CC=CC1. The predicted molar refractivity (Wildman–Crippen MR) is 44.9 cm³/mol. The lowest BCUT2D eigenvalue weighted by Gasteiger charge is -2.12. The summed E-state index contributed by atoms with van der Waals surface area (Å²) < 4.78 is 0. The molecule has 1 aliphatic rings. The van der Waals surface area contributed by atoms with E-state index in [1.165, 1.54) is 6.42 Å². The summed E-state index contributed by atoms with van der Waals surface area (Å²) in [6.45, 7) is 4.34. The fourth-order valence-corrected chi connectivity index (χ4v) is 1.11. The summed E-state index contributed by atoms with van der Waals surface area (Å²) in [6.07, 6.45) is 9.93. The molecular formula is C9H15N. The minimum absolute atomic E-state index is 0.727. The predicted octanol–water partition coefficient (Wildman–Crippen LogP) is 1.73. The first-order valence-electron chi connectivity index (χ1n) is 3.97. The number of hydrogen-bond acceptors (Lipinski definition) is 1. The van der Waals surface area contributed by atoms with Crippen molar-refractivity contribution in [3.8, 4) is 0 Å². The third-order valence-corrected chi connectivity index (χ3v) is 1.73. The lowest BCUT2D eigenvalue weighted by molar-refractivity contribution is 0.573. The van der Waals surface area contributed by atoms with Gasteiger partial charge in [-0.15, -0.1) is 0 Å². The van der Waals surface area contributed by atoms with Crippen LogP contribution in [0.1, 0.15) is 13.3 Å². The summed E-state index contributed by atoms with van der Waals surface area (Å²) in [5.41, 5.74) is 0. The Morgan fingerprint density at radius 2 is 2.40 bits per heavy atom. The summed E-state index contributed by atoms with van der Waals surface area (Å²) in [4.78, 5) is 0. The van der Waals surface area contributed by atoms with Crippen LogP contribution in [0.2, 0.25) is 0 Å². The quantitative estimate of drug-likeness (QED) is 0.624. The van der Waals surface area contributed by atoms with Crippen LogP contribution in [0, 0.1) is 5.92 Å². The zero-order chi connectivity index (χ0) is 7.23. The molecule has 0 aromatic heterocycles. The molecule has 0 amide bonds. The first-order valence-corrected chi connectivity index (χ1v) is 3.97. The Labute approximate surface area is 62.8 Å². The van der Waals surface area contributed by atoms with E-state index in [4.69, 9.17) is 0 Å². The lowest BCUT2D eigenvalue weighted by Crippen LogP contribution is -2.21. The highest BCUT2D eigenvalue weighted by Gasteiger charge is 2.02. The molecule has 0 bridgehead atoms. The summed E-state index contributed by atoms with van der Waals surface area (Å²) in [5, 5.41) is 3.33. The average Bonchev–Trinajstić information content (AvgIpc) is 2.03. The molecule has 1 heteroatoms. The topological polar surface area (TPSA) is 12.0 Å². The Morgan fingerprint density at radius 1 is 1.50 bits per heavy atom. The van der Waals surface area contributed by atoms with Crippen molar-refractivity contribution in [2.45, 2.75) is 13.3 Å². The van der Waals surface area contributed by atoms with Crippen LogP contribution in [0.25, 0.3) is 0 Å². The van der Waals surface area contributed by atoms with Crippen LogP contribution in [-0.2, 0) is 0 Å². The molecule has 1 N–H and O–H groups in total. The molecule has 1 rings (SSSR count). The molecule has 0 saturated carbocycles. The minimum atomic E-state index is 0.727. The smallest absolute Gasteiger partial charge is 0.00171 e. The van der Waals surface area contributed by atoms with Gasteiger partial charge in [-0.3, -0.25) is 0 Å². The van der Waals surface area contributed by atoms with Crippen molar-refractivity contribution in [3.63, 3.8) is 0 Å². The van der Waals surface area contributed by atoms with Gasteiger partial charge in [0.25, 0.3) is 0 Å². The Balaban J connectivity index is 2.17. The zero-order valence-electron chi connectivity index (χ0n) is 6.51. The van der Waals surface area contributed by atoms with Crippen LogP contribution in [0.5, 0.6) is 0 Å². The van der Waals surface area contributed by atoms with E-state index in [9.17, 15) is 0 Å². The fourth-order valence-electron chi connectivity index (χ4n) is 1.11. The first-order chi connectivity index (χ1) is 4.93. The van der Waals surface area contributed by atoms with Crippen LogP contribution in [0.4, 0.5) is 0 Å². The zero-order valence-corrected chi connectivity index (χ0v) is 6.51. The molecule has 0 radical (unpaired) electrons. The van der Waals surface area contributed by atoms with E-state index in [-0.39, 0.29) is 0 Å². The van der Waals surface area contributed by atoms with Gasteiger partial charge in [0, 0.05) is 6.54 Å². The van der Waals surface area contributed by atoms with Crippen LogP contribution in [0.3, 0.4) is 0 Å². The third kappa shape index (κ3) is 2.36. The minimum Gasteiger partial charge on any atom is -0.316 e. The molecule has 1 atom stereocenters. The second-order valence-electron chi connectivity index (χ2n) is 2.62. The van der Waals surface area contributed by atoms with Gasteiger partial charge in [-0.05, 0) is 18.9 Å². The molecule has 0 aliphatic heterocycles. The van der Waals surface area contributed by atoms with E-state index in [2.05, 4.69) is 36.5 Å². The normalized spacial score (nSPS) is 23.5. The van der Waals surface area contributed by atoms with Crippen molar-refractivity contribution in [2.24, 2.45) is 5.92 Å². The van der Waals surface area contributed by atoms with Gasteiger partial charge in [0.15, 0.2) is 0 Å². The summed E-state index contributed by atoms with van der Waals surface area (Å²) >= 11 is 0. The molecule has 0 saturated heterocycles. The van der Waals surface area contributed by atoms with Gasteiger partial charge >= 0.3 is 0 Å². The largest absolute Gasteiger partial charge is 0.316 e. The standard InChI is InChI=1S/C9H15N/c1-2-10-8-9-6-4-3-5-7-9/h3-6,9-10H,2,7-8H2,1H3. The van der Waals surface area contributed by atoms with Crippen LogP contribution >= 0.6 is 0 Å². The second-order valence-corrected chi connectivity index (χ2v) is 2.62. The monoisotopic (exact) mass is 137 g/mol. The van der Waals surface area contributed by atoms with Gasteiger partial charge < -0.3 is 5.32 Å². The van der Waals surface area contributed by atoms with Gasteiger partial charge in [0.1, 0.15) is 0 Å². The highest BCUT2D eigenvalue weighted by Crippen LogP contribution is 2.09. The number of allylic oxidation sites excluding steroid dienone is 3. The highest BCUT2D eigenvalue weighted by molar-refractivity contribution is 5.10. The molecule has 1 nitrogen and oxygen atoms in total. The fraction of sp³-hybridized carbons (Fsp3) is 0.556. The molecule has 0 spiro atoms. The molecule has 0 fully saturated rings. The van der Waals surface area contributed by atoms with Gasteiger partial charge in [0.05, 0.1) is 0 Å². The molecule has 1 unspecified atom stereocenters. The van der Waals surface area contributed by atoms with Gasteiger partial charge in [-0.1, -0.05) is 31.2 Å². The highest BCUT2D eigenvalue weighted by atomic mass is 14.8. The molecule has 0 aromatic carbocycles. The van der Waals surface area contributed by atoms with Gasteiger partial charge in [-0.25, -0.2) is 0 Å². The Morgan fingerprint density at radius 3 is 3.00 bits per heavy atom. The van der Waals surface area contributed by atoms with Crippen molar-refractivity contribution in [1.82, 2.24) is 5.32 Å². The molecule has 56 valence electrons. The maximum atomic E-state index is 3.33. The second kappa shape index (κ2) is 4.29. The molecule has 1 aliphatic carbocycles. The van der Waals surface area contributed by atoms with Crippen molar-refractivity contribution in [2.75, 3.05) is 13.1 Å². The molecule has 0 heterocycles. The molecule has 0 aromatic rings. The van der Waals surface area contributed by atoms with Crippen molar-refractivity contribution in [3.05, 3.63) is 24.3 Å². The van der Waals surface area contributed by atoms with Crippen molar-refractivity contribution < 1.29 is 0 Å². The summed E-state index contributed by atoms with van der Waals surface area (Å²) in [6, 6.07) is 0.